The van der Waals surface area contributed by atoms with Crippen LogP contribution in [-0.2, 0) is 4.79 Å². The van der Waals surface area contributed by atoms with E-state index in [0.717, 1.165) is 31.5 Å². The summed E-state index contributed by atoms with van der Waals surface area (Å²) in [5, 5.41) is 11.4. The fourth-order valence-corrected chi connectivity index (χ4v) is 2.66. The second-order valence-corrected chi connectivity index (χ2v) is 7.18. The van der Waals surface area contributed by atoms with Crippen molar-refractivity contribution in [3.63, 3.8) is 0 Å². The van der Waals surface area contributed by atoms with E-state index in [1.807, 2.05) is 51.1 Å². The Balaban J connectivity index is 1.88. The maximum Gasteiger partial charge on any atom is 0.318 e. The molecule has 128 valence electrons. The molecule has 1 N–H and O–H groups in total. The summed E-state index contributed by atoms with van der Waals surface area (Å²) >= 11 is 0. The number of aromatic nitrogens is 2. The number of nitrogens with one attached hydrogen (secondary N) is 1. The van der Waals surface area contributed by atoms with Crippen molar-refractivity contribution in [3.8, 4) is 0 Å². The van der Waals surface area contributed by atoms with E-state index in [-0.39, 0.29) is 5.91 Å². The maximum atomic E-state index is 12.5. The van der Waals surface area contributed by atoms with E-state index in [1.165, 1.54) is 0 Å². The number of anilines is 1. The van der Waals surface area contributed by atoms with Crippen LogP contribution in [0.15, 0.2) is 34.7 Å². The molecule has 1 amide bonds. The molecule has 0 radical (unpaired) electrons. The largest absolute Gasteiger partial charge is 0.405 e. The second-order valence-electron chi connectivity index (χ2n) is 7.18. The Bertz CT molecular complexity index is 685. The Hall–Kier alpha value is -2.37. The summed E-state index contributed by atoms with van der Waals surface area (Å²) < 4.78 is 5.89. The van der Waals surface area contributed by atoms with Gasteiger partial charge in [0.15, 0.2) is 0 Å². The molecule has 1 aliphatic rings. The Labute approximate surface area is 142 Å². The van der Waals surface area contributed by atoms with Gasteiger partial charge in [0, 0.05) is 18.5 Å². The van der Waals surface area contributed by atoms with E-state index in [2.05, 4.69) is 20.4 Å². The molecule has 1 fully saturated rings. The van der Waals surface area contributed by atoms with Crippen LogP contribution < -0.4 is 10.2 Å². The third-order valence-corrected chi connectivity index (χ3v) is 4.14. The van der Waals surface area contributed by atoms with Crippen molar-refractivity contribution in [1.82, 2.24) is 15.5 Å². The standard InChI is InChI=1S/C18H24N4O2/c1-18(2,3)16(23)19-14(13-9-5-4-6-10-13)15-20-21-17(24-15)22-11-7-8-12-22/h4-6,9-10,14H,7-8,11-12H2,1-3H3,(H,19,23)/t14-/m1/s1. The Morgan fingerprint density at radius 1 is 1.17 bits per heavy atom. The molecule has 6 heteroatoms. The summed E-state index contributed by atoms with van der Waals surface area (Å²) in [6.07, 6.45) is 2.28. The zero-order valence-electron chi connectivity index (χ0n) is 14.5. The van der Waals surface area contributed by atoms with Gasteiger partial charge >= 0.3 is 6.01 Å². The van der Waals surface area contributed by atoms with Crippen molar-refractivity contribution in [1.29, 1.82) is 0 Å². The molecule has 0 saturated carbocycles. The molecule has 0 bridgehead atoms. The monoisotopic (exact) mass is 328 g/mol. The maximum absolute atomic E-state index is 12.5. The minimum absolute atomic E-state index is 0.0581. The molecule has 1 aromatic carbocycles. The molecule has 0 aliphatic carbocycles. The van der Waals surface area contributed by atoms with Gasteiger partial charge in [0.25, 0.3) is 0 Å². The van der Waals surface area contributed by atoms with Gasteiger partial charge in [-0.1, -0.05) is 56.2 Å². The first-order chi connectivity index (χ1) is 11.4. The van der Waals surface area contributed by atoms with Crippen molar-refractivity contribution in [2.45, 2.75) is 39.7 Å². The van der Waals surface area contributed by atoms with Crippen LogP contribution in [0.2, 0.25) is 0 Å². The molecule has 1 aromatic heterocycles. The average molecular weight is 328 g/mol. The highest BCUT2D eigenvalue weighted by molar-refractivity contribution is 5.82. The molecule has 2 aromatic rings. The predicted octanol–water partition coefficient (Wildman–Crippen LogP) is 2.92. The first kappa shape index (κ1) is 16.5. The van der Waals surface area contributed by atoms with E-state index >= 15 is 0 Å². The molecule has 2 heterocycles. The van der Waals surface area contributed by atoms with Crippen LogP contribution in [0.5, 0.6) is 0 Å². The van der Waals surface area contributed by atoms with Crippen molar-refractivity contribution >= 4 is 11.9 Å². The van der Waals surface area contributed by atoms with Crippen LogP contribution in [0.3, 0.4) is 0 Å². The molecule has 0 spiro atoms. The van der Waals surface area contributed by atoms with Gasteiger partial charge in [-0.05, 0) is 18.4 Å². The lowest BCUT2D eigenvalue weighted by Gasteiger charge is -2.22. The first-order valence-electron chi connectivity index (χ1n) is 8.39. The Morgan fingerprint density at radius 3 is 2.46 bits per heavy atom. The average Bonchev–Trinajstić information content (AvgIpc) is 3.23. The van der Waals surface area contributed by atoms with Gasteiger partial charge in [-0.25, -0.2) is 0 Å². The van der Waals surface area contributed by atoms with Crippen LogP contribution in [0, 0.1) is 5.41 Å². The lowest BCUT2D eigenvalue weighted by atomic mass is 9.94. The second kappa shape index (κ2) is 6.63. The summed E-state index contributed by atoms with van der Waals surface area (Å²) in [5.41, 5.74) is 0.428. The third kappa shape index (κ3) is 3.58. The summed E-state index contributed by atoms with van der Waals surface area (Å²) in [5.74, 6) is 0.359. The zero-order valence-corrected chi connectivity index (χ0v) is 14.5. The zero-order chi connectivity index (χ0) is 17.2. The summed E-state index contributed by atoms with van der Waals surface area (Å²) in [6, 6.07) is 9.80. The number of amides is 1. The van der Waals surface area contributed by atoms with E-state index in [0.29, 0.717) is 11.9 Å². The van der Waals surface area contributed by atoms with E-state index in [9.17, 15) is 4.79 Å². The predicted molar refractivity (Wildman–Crippen MR) is 91.6 cm³/mol. The third-order valence-electron chi connectivity index (χ3n) is 4.14. The fourth-order valence-electron chi connectivity index (χ4n) is 2.66. The number of hydrogen-bond acceptors (Lipinski definition) is 5. The number of benzene rings is 1. The topological polar surface area (TPSA) is 71.3 Å². The van der Waals surface area contributed by atoms with Crippen LogP contribution in [0.4, 0.5) is 6.01 Å². The van der Waals surface area contributed by atoms with Gasteiger partial charge in [0.05, 0.1) is 0 Å². The Morgan fingerprint density at radius 2 is 1.83 bits per heavy atom. The van der Waals surface area contributed by atoms with Crippen LogP contribution in [0.25, 0.3) is 0 Å². The molecule has 24 heavy (non-hydrogen) atoms. The number of hydrogen-bond donors (Lipinski definition) is 1. The van der Waals surface area contributed by atoms with Crippen molar-refractivity contribution in [3.05, 3.63) is 41.8 Å². The van der Waals surface area contributed by atoms with Gasteiger partial charge in [-0.15, -0.1) is 5.10 Å². The summed E-state index contributed by atoms with van der Waals surface area (Å²) in [7, 11) is 0. The van der Waals surface area contributed by atoms with Gasteiger partial charge in [-0.2, -0.15) is 0 Å². The lowest BCUT2D eigenvalue weighted by molar-refractivity contribution is -0.129. The first-order valence-corrected chi connectivity index (χ1v) is 8.39. The lowest BCUT2D eigenvalue weighted by Crippen LogP contribution is -2.38. The van der Waals surface area contributed by atoms with Crippen LogP contribution in [-0.4, -0.2) is 29.2 Å². The molecule has 6 nitrogen and oxygen atoms in total. The van der Waals surface area contributed by atoms with Crippen molar-refractivity contribution < 1.29 is 9.21 Å². The van der Waals surface area contributed by atoms with E-state index < -0.39 is 11.5 Å². The highest BCUT2D eigenvalue weighted by Crippen LogP contribution is 2.26. The Kier molecular flexibility index (Phi) is 4.55. The number of carbonyl (C=O) groups excluding carboxylic acids is 1. The van der Waals surface area contributed by atoms with E-state index in [4.69, 9.17) is 4.42 Å². The quantitative estimate of drug-likeness (QED) is 0.934. The summed E-state index contributed by atoms with van der Waals surface area (Å²) in [6.45, 7) is 7.52. The molecule has 1 saturated heterocycles. The summed E-state index contributed by atoms with van der Waals surface area (Å²) in [4.78, 5) is 14.6. The van der Waals surface area contributed by atoms with Crippen molar-refractivity contribution in [2.75, 3.05) is 18.0 Å². The fraction of sp³-hybridized carbons (Fsp3) is 0.500. The van der Waals surface area contributed by atoms with Gasteiger partial charge in [0.1, 0.15) is 6.04 Å². The number of rotatable bonds is 4. The molecule has 3 rings (SSSR count). The van der Waals surface area contributed by atoms with E-state index in [1.54, 1.807) is 0 Å². The molecular weight excluding hydrogens is 304 g/mol. The minimum atomic E-state index is -0.495. The molecule has 1 aliphatic heterocycles. The van der Waals surface area contributed by atoms with Gasteiger partial charge < -0.3 is 14.6 Å². The smallest absolute Gasteiger partial charge is 0.318 e. The van der Waals surface area contributed by atoms with Gasteiger partial charge in [0.2, 0.25) is 11.8 Å². The van der Waals surface area contributed by atoms with Gasteiger partial charge in [-0.3, -0.25) is 4.79 Å². The minimum Gasteiger partial charge on any atom is -0.405 e. The highest BCUT2D eigenvalue weighted by atomic mass is 16.4. The number of carbonyl (C=O) groups is 1. The number of nitrogens with zero attached hydrogens (tertiary/aromatic N) is 3. The highest BCUT2D eigenvalue weighted by Gasteiger charge is 2.29. The normalized spacial score (nSPS) is 16.2. The molecule has 0 unspecified atom stereocenters. The van der Waals surface area contributed by atoms with Crippen LogP contribution >= 0.6 is 0 Å². The molecule has 1 atom stereocenters. The van der Waals surface area contributed by atoms with Crippen LogP contribution in [0.1, 0.15) is 51.1 Å². The van der Waals surface area contributed by atoms with Crippen molar-refractivity contribution in [2.24, 2.45) is 5.41 Å². The SMILES string of the molecule is CC(C)(C)C(=O)N[C@H](c1ccccc1)c1nnc(N2CCCC2)o1. The molecular formula is C18H24N4O2.